The minimum absolute atomic E-state index is 0.216. The Morgan fingerprint density at radius 2 is 1.57 bits per heavy atom. The summed E-state index contributed by atoms with van der Waals surface area (Å²) in [6, 6.07) is 19.6. The highest BCUT2D eigenvalue weighted by molar-refractivity contribution is 7.74. The first-order valence-corrected chi connectivity index (χ1v) is 11.4. The van der Waals surface area contributed by atoms with Crippen LogP contribution in [-0.2, 0) is 14.1 Å². The van der Waals surface area contributed by atoms with E-state index in [2.05, 4.69) is 6.58 Å². The first-order chi connectivity index (χ1) is 13.2. The fourth-order valence-corrected chi connectivity index (χ4v) is 8.57. The van der Waals surface area contributed by atoms with Crippen molar-refractivity contribution in [2.45, 2.75) is 43.9 Å². The zero-order chi connectivity index (χ0) is 20.5. The van der Waals surface area contributed by atoms with E-state index >= 15 is 0 Å². The summed E-state index contributed by atoms with van der Waals surface area (Å²) in [7, 11) is -1.56. The first kappa shape index (κ1) is 20.6. The van der Waals surface area contributed by atoms with Crippen molar-refractivity contribution in [3.05, 3.63) is 78.4 Å². The molecule has 4 atom stereocenters. The minimum atomic E-state index is -2.98. The molecule has 0 saturated heterocycles. The van der Waals surface area contributed by atoms with Gasteiger partial charge in [-0.15, -0.1) is 0 Å². The fraction of sp³-hybridized carbons (Fsp3) is 0.375. The minimum Gasteiger partial charge on any atom is -0.469 e. The van der Waals surface area contributed by atoms with Crippen molar-refractivity contribution in [1.29, 1.82) is 0 Å². The van der Waals surface area contributed by atoms with Crippen LogP contribution in [0.4, 0.5) is 0 Å². The van der Waals surface area contributed by atoms with E-state index in [0.717, 1.165) is 16.4 Å². The van der Waals surface area contributed by atoms with Crippen molar-refractivity contribution in [1.82, 2.24) is 0 Å². The highest BCUT2D eigenvalue weighted by atomic mass is 31.2. The number of rotatable bonds is 4. The van der Waals surface area contributed by atoms with Crippen LogP contribution < -0.4 is 5.30 Å². The molecule has 0 amide bonds. The van der Waals surface area contributed by atoms with Crippen molar-refractivity contribution in [2.75, 3.05) is 7.11 Å². The molecule has 2 aromatic rings. The molecule has 1 aliphatic rings. The fourth-order valence-electron chi connectivity index (χ4n) is 4.57. The van der Waals surface area contributed by atoms with E-state index in [1.165, 1.54) is 7.11 Å². The molecule has 1 saturated carbocycles. The van der Waals surface area contributed by atoms with Crippen molar-refractivity contribution in [3.8, 4) is 0 Å². The number of methoxy groups -OCH3 is 1. The van der Waals surface area contributed by atoms with Crippen LogP contribution in [0, 0.1) is 5.92 Å². The third-order valence-electron chi connectivity index (χ3n) is 5.89. The van der Waals surface area contributed by atoms with Gasteiger partial charge in [0.15, 0.2) is 0 Å². The van der Waals surface area contributed by atoms with Gasteiger partial charge in [-0.05, 0) is 12.0 Å². The smallest absolute Gasteiger partial charge is 0.309 e. The van der Waals surface area contributed by atoms with Crippen molar-refractivity contribution in [3.63, 3.8) is 0 Å². The van der Waals surface area contributed by atoms with Gasteiger partial charge in [0.2, 0.25) is 0 Å². The molecule has 4 heteroatoms. The van der Waals surface area contributed by atoms with Gasteiger partial charge in [0, 0.05) is 22.0 Å². The summed E-state index contributed by atoms with van der Waals surface area (Å²) in [5.74, 6) is -0.846. The van der Waals surface area contributed by atoms with Crippen molar-refractivity contribution >= 4 is 18.4 Å². The summed E-state index contributed by atoms with van der Waals surface area (Å²) >= 11 is 0. The summed E-state index contributed by atoms with van der Waals surface area (Å²) in [5.41, 5.74) is 1.59. The summed E-state index contributed by atoms with van der Waals surface area (Å²) < 4.78 is 20.0. The van der Waals surface area contributed by atoms with Gasteiger partial charge in [-0.3, -0.25) is 4.79 Å². The Bertz CT molecular complexity index is 896. The number of carbonyl (C=O) groups excluding carboxylic acids is 1. The molecule has 0 spiro atoms. The Morgan fingerprint density at radius 3 is 2.07 bits per heavy atom. The predicted octanol–water partition coefficient (Wildman–Crippen LogP) is 5.38. The molecule has 148 valence electrons. The molecule has 0 aromatic heterocycles. The van der Waals surface area contributed by atoms with Gasteiger partial charge in [-0.25, -0.2) is 0 Å². The van der Waals surface area contributed by atoms with Crippen LogP contribution in [-0.4, -0.2) is 23.9 Å². The molecule has 0 aliphatic heterocycles. The van der Waals surface area contributed by atoms with Crippen LogP contribution in [0.25, 0.3) is 0 Å². The molecule has 3 nitrogen and oxygen atoms in total. The third kappa shape index (κ3) is 3.37. The molecule has 1 aliphatic carbocycles. The van der Waals surface area contributed by atoms with Crippen LogP contribution in [0.15, 0.2) is 72.8 Å². The SMILES string of the molecule is C=C1C[C@@H](C(=O)OC)[C@H](c2ccccc2)[C@H]1P(=O)(c1ccccc1)C(C)(C)C. The molecule has 2 aromatic carbocycles. The Kier molecular flexibility index (Phi) is 5.68. The van der Waals surface area contributed by atoms with Gasteiger partial charge in [-0.2, -0.15) is 0 Å². The second-order valence-corrected chi connectivity index (χ2v) is 12.3. The van der Waals surface area contributed by atoms with Crippen molar-refractivity contribution in [2.24, 2.45) is 5.92 Å². The van der Waals surface area contributed by atoms with E-state index in [0.29, 0.717) is 6.42 Å². The number of hydrogen-bond donors (Lipinski definition) is 0. The van der Waals surface area contributed by atoms with E-state index in [1.807, 2.05) is 81.4 Å². The Morgan fingerprint density at radius 1 is 1.04 bits per heavy atom. The lowest BCUT2D eigenvalue weighted by Gasteiger charge is -2.40. The molecule has 0 N–H and O–H groups in total. The second kappa shape index (κ2) is 7.72. The number of benzene rings is 2. The third-order valence-corrected chi connectivity index (χ3v) is 10.4. The van der Waals surface area contributed by atoms with E-state index in [1.54, 1.807) is 0 Å². The average Bonchev–Trinajstić information content (AvgIpc) is 3.04. The molecule has 28 heavy (non-hydrogen) atoms. The lowest BCUT2D eigenvalue weighted by atomic mass is 9.88. The molecule has 0 heterocycles. The van der Waals surface area contributed by atoms with Gasteiger partial charge in [0.25, 0.3) is 0 Å². The van der Waals surface area contributed by atoms with Gasteiger partial charge < -0.3 is 9.30 Å². The van der Waals surface area contributed by atoms with Crippen molar-refractivity contribution < 1.29 is 14.1 Å². The lowest BCUT2D eigenvalue weighted by Crippen LogP contribution is -2.35. The number of carbonyl (C=O) groups is 1. The van der Waals surface area contributed by atoms with Crippen LogP contribution in [0.1, 0.15) is 38.7 Å². The maximum Gasteiger partial charge on any atom is 0.309 e. The zero-order valence-electron chi connectivity index (χ0n) is 17.1. The van der Waals surface area contributed by atoms with Crippen LogP contribution in [0.2, 0.25) is 0 Å². The summed E-state index contributed by atoms with van der Waals surface area (Å²) in [6.07, 6.45) is 0.504. The summed E-state index contributed by atoms with van der Waals surface area (Å²) in [5, 5.41) is 0.375. The summed E-state index contributed by atoms with van der Waals surface area (Å²) in [6.45, 7) is 10.4. The van der Waals surface area contributed by atoms with Gasteiger partial charge in [0.1, 0.15) is 7.14 Å². The van der Waals surface area contributed by atoms with E-state index in [-0.39, 0.29) is 23.5 Å². The van der Waals surface area contributed by atoms with Gasteiger partial charge in [0.05, 0.1) is 13.0 Å². The van der Waals surface area contributed by atoms with Crippen LogP contribution in [0.3, 0.4) is 0 Å². The molecule has 1 unspecified atom stereocenters. The largest absolute Gasteiger partial charge is 0.469 e. The average molecular weight is 396 g/mol. The Hall–Kier alpha value is -2.12. The highest BCUT2D eigenvalue weighted by Crippen LogP contribution is 2.69. The number of ether oxygens (including phenoxy) is 1. The second-order valence-electron chi connectivity index (χ2n) is 8.54. The van der Waals surface area contributed by atoms with E-state index in [9.17, 15) is 9.36 Å². The standard InChI is InChI=1S/C24H29O3P/c1-17-16-20(23(25)27-5)21(18-12-8-6-9-13-18)22(17)28(26,24(2,3)4)19-14-10-7-11-15-19/h6-15,20-22H,1,16H2,2-5H3/t20-,21+,22+,28?/m1/s1. The Labute approximate surface area is 168 Å². The number of esters is 1. The normalized spacial score (nSPS) is 24.6. The summed E-state index contributed by atoms with van der Waals surface area (Å²) in [4.78, 5) is 12.6. The topological polar surface area (TPSA) is 43.4 Å². The van der Waals surface area contributed by atoms with E-state index < -0.39 is 12.3 Å². The highest BCUT2D eigenvalue weighted by Gasteiger charge is 2.56. The molecule has 3 rings (SSSR count). The first-order valence-electron chi connectivity index (χ1n) is 9.67. The maximum absolute atomic E-state index is 14.9. The molecule has 0 bridgehead atoms. The number of hydrogen-bond acceptors (Lipinski definition) is 3. The van der Waals surface area contributed by atoms with Gasteiger partial charge in [-0.1, -0.05) is 93.6 Å². The Balaban J connectivity index is 2.24. The maximum atomic E-state index is 14.9. The molecule has 0 radical (unpaired) electrons. The monoisotopic (exact) mass is 396 g/mol. The molecular formula is C24H29O3P. The number of allylic oxidation sites excluding steroid dienone is 1. The molecule has 1 fully saturated rings. The molecular weight excluding hydrogens is 367 g/mol. The quantitative estimate of drug-likeness (QED) is 0.396. The predicted molar refractivity (Wildman–Crippen MR) is 116 cm³/mol. The lowest BCUT2D eigenvalue weighted by molar-refractivity contribution is -0.145. The van der Waals surface area contributed by atoms with Gasteiger partial charge >= 0.3 is 5.97 Å². The zero-order valence-corrected chi connectivity index (χ0v) is 18.0. The van der Waals surface area contributed by atoms with E-state index in [4.69, 9.17) is 4.74 Å². The van der Waals surface area contributed by atoms with Crippen LogP contribution >= 0.6 is 7.14 Å². The van der Waals surface area contributed by atoms with Crippen LogP contribution in [0.5, 0.6) is 0 Å².